The molecule has 25 nitrogen and oxygen atoms in total. The fraction of sp³-hybridized carbons (Fsp3) is 0.227. The highest BCUT2D eigenvalue weighted by atomic mass is 79.9. The second-order valence-electron chi connectivity index (χ2n) is 26.5. The number of benzene rings is 4. The SMILES string of the molecule is CC(=O)c1cc(Br)c(Br)o1.CC(=O)c1cc(Br)co1.CC(=O)c1cc(Cc2ccc(F)cc2)co1.CC(=O)c1ccco1.CC1(c2cc(Br)co2)OCCO1.CC1(c2cc(C(O)c3ccc(F)cc3)co2)OCCO1.CCOC(=O)C(=O)C=C(O)c1cc(Cc2ccc(F)cc2)co1.CN1CC(C(=O)c2cc(Cc3ccc(F)cc3)co2)=C(O)C1=O. The van der Waals surface area contributed by atoms with Crippen molar-refractivity contribution >= 4 is 116 Å². The topological polar surface area (TPSA) is 352 Å². The lowest BCUT2D eigenvalue weighted by Crippen LogP contribution is -2.22. The Balaban J connectivity index is 0.000000176. The molecule has 0 radical (unpaired) electrons. The zero-order valence-corrected chi connectivity index (χ0v) is 72.2. The highest BCUT2D eigenvalue weighted by molar-refractivity contribution is 9.13. The van der Waals surface area contributed by atoms with E-state index in [1.807, 2.05) is 13.0 Å². The highest BCUT2D eigenvalue weighted by Gasteiger charge is 2.38. The largest absolute Gasteiger partial charge is 0.504 e. The van der Waals surface area contributed by atoms with Gasteiger partial charge < -0.3 is 79.2 Å². The standard InChI is InChI=1S/C17H14FNO4.C17H15FO5.C15H15FO4.C13H11FO2.C8H9BrO3.C6H4Br2O2.C6H5BrO2.C6H6O2/c1-19-8-13(16(21)17(19)22)15(20)14-7-11(9-23-14)6-10-2-4-12(18)5-3-10;1-2-22-17(21)15(20)9-14(19)16-8-12(10-23-16)7-11-3-5-13(18)6-4-11;1-15(19-6-7-20-15)13-8-11(9-18-13)14(17)10-2-4-12(16)5-3-10;1-9(15)13-7-11(8-16-13)6-10-2-4-12(14)5-3-10;1-8(11-2-3-12-8)7-4-6(9)5-10-7;1-3(9)5-2-4(7)6(8)10-5;1-4(8)6-2-5(7)3-9-6;1-5(7)6-3-2-4-8-6/h2-5,7,9,21H,6,8H2,1H3;3-6,8-10,19H,2,7H2,1H3;2-5,8-9,14,17H,6-7H2,1H3;2-5,7-8H,6H2,1H3;4-5H,2-3H2,1H3;2H,1H3;2-3H,1H3;2-4H,1H3. The number of amides is 1. The molecule has 636 valence electrons. The molecule has 4 aromatic carbocycles. The Labute approximate surface area is 723 Å². The fourth-order valence-corrected chi connectivity index (χ4v) is 11.9. The number of rotatable bonds is 20. The smallest absolute Gasteiger partial charge is 0.379 e. The van der Waals surface area contributed by atoms with Gasteiger partial charge in [-0.3, -0.25) is 33.6 Å². The summed E-state index contributed by atoms with van der Waals surface area (Å²) in [5, 5.41) is 29.8. The summed E-state index contributed by atoms with van der Waals surface area (Å²) in [6.45, 7) is 13.4. The molecule has 11 heterocycles. The molecule has 121 heavy (non-hydrogen) atoms. The van der Waals surface area contributed by atoms with Crippen LogP contribution in [-0.4, -0.2) is 113 Å². The third-order valence-electron chi connectivity index (χ3n) is 17.0. The minimum absolute atomic E-state index is 0.0279. The molecule has 12 aromatic rings. The zero-order valence-electron chi connectivity index (χ0n) is 65.9. The van der Waals surface area contributed by atoms with E-state index >= 15 is 0 Å². The van der Waals surface area contributed by atoms with E-state index in [0.29, 0.717) is 96.0 Å². The van der Waals surface area contributed by atoms with Crippen molar-refractivity contribution in [1.29, 1.82) is 0 Å². The van der Waals surface area contributed by atoms with Crippen LogP contribution in [0.1, 0.15) is 169 Å². The van der Waals surface area contributed by atoms with Crippen LogP contribution in [0.25, 0.3) is 5.76 Å². The van der Waals surface area contributed by atoms with Gasteiger partial charge in [0, 0.05) is 77.8 Å². The fourth-order valence-electron chi connectivity index (χ4n) is 10.8. The van der Waals surface area contributed by atoms with Crippen molar-refractivity contribution in [3.63, 3.8) is 0 Å². The predicted molar refractivity (Wildman–Crippen MR) is 441 cm³/mol. The molecule has 0 spiro atoms. The van der Waals surface area contributed by atoms with Crippen LogP contribution >= 0.6 is 63.7 Å². The lowest BCUT2D eigenvalue weighted by atomic mass is 10.0. The molecule has 0 saturated carbocycles. The number of aliphatic hydroxyl groups is 3. The monoisotopic (exact) mass is 1930 g/mol. The van der Waals surface area contributed by atoms with Crippen molar-refractivity contribution in [3.05, 3.63) is 345 Å². The highest BCUT2D eigenvalue weighted by Crippen LogP contribution is 2.36. The number of halogens is 8. The van der Waals surface area contributed by atoms with Gasteiger partial charge in [-0.15, -0.1) is 0 Å². The number of nitrogens with zero attached hydrogens (tertiary/aromatic N) is 1. The van der Waals surface area contributed by atoms with E-state index < -0.39 is 52.6 Å². The molecule has 3 aliphatic rings. The summed E-state index contributed by atoms with van der Waals surface area (Å²) in [5.74, 6) is -4.31. The maximum absolute atomic E-state index is 12.9. The number of carbonyl (C=O) groups is 8. The van der Waals surface area contributed by atoms with Crippen molar-refractivity contribution in [3.8, 4) is 0 Å². The van der Waals surface area contributed by atoms with Gasteiger partial charge >= 0.3 is 5.97 Å². The molecule has 1 amide bonds. The molecule has 0 aliphatic carbocycles. The van der Waals surface area contributed by atoms with Crippen LogP contribution in [0.2, 0.25) is 0 Å². The van der Waals surface area contributed by atoms with Crippen LogP contribution in [0.15, 0.2) is 266 Å². The molecular weight excluding hydrogens is 1850 g/mol. The molecule has 1 unspecified atom stereocenters. The summed E-state index contributed by atoms with van der Waals surface area (Å²) < 4.78 is 121. The number of ketones is 6. The van der Waals surface area contributed by atoms with E-state index in [1.165, 1.54) is 138 Å². The average Bonchev–Trinajstić information content (AvgIpc) is 1.67. The van der Waals surface area contributed by atoms with E-state index in [0.717, 1.165) is 52.9 Å². The van der Waals surface area contributed by atoms with Gasteiger partial charge in [0.2, 0.25) is 17.4 Å². The Hall–Kier alpha value is -11.4. The predicted octanol–water partition coefficient (Wildman–Crippen LogP) is 20.4. The van der Waals surface area contributed by atoms with Gasteiger partial charge in [0.1, 0.15) is 41.9 Å². The summed E-state index contributed by atoms with van der Waals surface area (Å²) in [4.78, 5) is 90.4. The number of hydrogen-bond donors (Lipinski definition) is 3. The maximum Gasteiger partial charge on any atom is 0.379 e. The molecule has 0 bridgehead atoms. The first-order valence-corrected chi connectivity index (χ1v) is 39.6. The second kappa shape index (κ2) is 45.3. The summed E-state index contributed by atoms with van der Waals surface area (Å²) in [6, 6.07) is 39.0. The van der Waals surface area contributed by atoms with Crippen LogP contribution in [0.4, 0.5) is 17.6 Å². The van der Waals surface area contributed by atoms with Crippen molar-refractivity contribution in [2.45, 2.75) is 85.4 Å². The lowest BCUT2D eigenvalue weighted by Gasteiger charge is -2.18. The quantitative estimate of drug-likeness (QED) is 0.0159. The molecule has 1 atom stereocenters. The Morgan fingerprint density at radius 3 is 1.28 bits per heavy atom. The minimum atomic E-state index is -1.04. The van der Waals surface area contributed by atoms with E-state index in [2.05, 4.69) is 68.5 Å². The number of hydrogen-bond acceptors (Lipinski definition) is 24. The van der Waals surface area contributed by atoms with Gasteiger partial charge in [0.05, 0.1) is 89.9 Å². The molecule has 15 rings (SSSR count). The Morgan fingerprint density at radius 1 is 0.496 bits per heavy atom. The third-order valence-corrected chi connectivity index (χ3v) is 19.6. The number of esters is 1. The zero-order chi connectivity index (χ0) is 88.3. The van der Waals surface area contributed by atoms with Crippen LogP contribution in [0.5, 0.6) is 0 Å². The Morgan fingerprint density at radius 2 is 0.909 bits per heavy atom. The third kappa shape index (κ3) is 28.9. The van der Waals surface area contributed by atoms with Gasteiger partial charge in [-0.2, -0.15) is 0 Å². The Kier molecular flexibility index (Phi) is 35.6. The molecule has 8 aromatic heterocycles. The van der Waals surface area contributed by atoms with Crippen LogP contribution in [0, 0.1) is 23.3 Å². The van der Waals surface area contributed by atoms with Crippen LogP contribution < -0.4 is 0 Å². The van der Waals surface area contributed by atoms with Crippen molar-refractivity contribution in [2.24, 2.45) is 0 Å². The maximum atomic E-state index is 12.9. The van der Waals surface area contributed by atoms with E-state index in [4.69, 9.17) is 54.3 Å². The number of furan rings is 8. The van der Waals surface area contributed by atoms with E-state index in [1.54, 1.807) is 105 Å². The van der Waals surface area contributed by atoms with Crippen molar-refractivity contribution in [2.75, 3.05) is 46.6 Å². The van der Waals surface area contributed by atoms with Gasteiger partial charge in [0.25, 0.3) is 11.7 Å². The van der Waals surface area contributed by atoms with Gasteiger partial charge in [-0.05, 0) is 214 Å². The van der Waals surface area contributed by atoms with E-state index in [9.17, 15) is 71.2 Å². The number of ether oxygens (including phenoxy) is 5. The molecular formula is C88H79Br4F4NO24. The van der Waals surface area contributed by atoms with E-state index in [-0.39, 0.29) is 76.6 Å². The minimum Gasteiger partial charge on any atom is -0.504 e. The first-order valence-electron chi connectivity index (χ1n) is 36.4. The number of carbonyl (C=O) groups excluding carboxylic acids is 8. The van der Waals surface area contributed by atoms with Gasteiger partial charge in [-0.1, -0.05) is 48.5 Å². The number of aliphatic hydroxyl groups excluding tert-OH is 3. The Bertz CT molecular complexity index is 5500. The summed E-state index contributed by atoms with van der Waals surface area (Å²) in [5.41, 5.74) is 6.32. The van der Waals surface area contributed by atoms with Gasteiger partial charge in [0.15, 0.2) is 85.4 Å². The first-order chi connectivity index (χ1) is 57.5. The van der Waals surface area contributed by atoms with Crippen LogP contribution in [0.3, 0.4) is 0 Å². The summed E-state index contributed by atoms with van der Waals surface area (Å²) in [6.07, 6.45) is 11.9. The summed E-state index contributed by atoms with van der Waals surface area (Å²) in [7, 11) is 1.50. The normalized spacial score (nSPS) is 13.7. The lowest BCUT2D eigenvalue weighted by molar-refractivity contribution is -0.163. The summed E-state index contributed by atoms with van der Waals surface area (Å²) >= 11 is 12.8. The van der Waals surface area contributed by atoms with Crippen molar-refractivity contribution in [1.82, 2.24) is 4.90 Å². The molecule has 3 N–H and O–H groups in total. The van der Waals surface area contributed by atoms with Crippen molar-refractivity contribution < 1.29 is 130 Å². The second-order valence-corrected chi connectivity index (χ2v) is 29.9. The van der Waals surface area contributed by atoms with Crippen LogP contribution in [-0.2, 0) is 68.9 Å². The van der Waals surface area contributed by atoms with Gasteiger partial charge in [-0.25, -0.2) is 22.4 Å². The number of Topliss-reactive ketones (excluding diaryl/α,β-unsaturated/α-hetero) is 5. The molecule has 2 saturated heterocycles. The molecule has 33 heteroatoms. The average molecular weight is 1930 g/mol. The first kappa shape index (κ1) is 95.1. The molecule has 3 aliphatic heterocycles. The number of likely N-dealkylation sites (N-methyl/N-ethyl adjacent to an activating group) is 1. The molecule has 2 fully saturated rings.